The minimum Gasteiger partial charge on any atom is -0.484 e. The highest BCUT2D eigenvalue weighted by atomic mass is 16.6. The number of nitrogens with zero attached hydrogens (tertiary/aromatic N) is 2. The summed E-state index contributed by atoms with van der Waals surface area (Å²) in [5.74, 6) is 0.190. The van der Waals surface area contributed by atoms with Gasteiger partial charge in [-0.05, 0) is 49.6 Å². The summed E-state index contributed by atoms with van der Waals surface area (Å²) in [6, 6.07) is 14.4. The molecule has 0 radical (unpaired) electrons. The van der Waals surface area contributed by atoms with E-state index < -0.39 is 4.92 Å². The topological polar surface area (TPSA) is 84.7 Å². The van der Waals surface area contributed by atoms with E-state index in [-0.39, 0.29) is 18.2 Å². The van der Waals surface area contributed by atoms with Gasteiger partial charge in [-0.25, -0.2) is 0 Å². The van der Waals surface area contributed by atoms with Gasteiger partial charge in [-0.2, -0.15) is 0 Å². The fraction of sp³-hybridized carbons (Fsp3) is 0.409. The normalized spacial score (nSPS) is 16.9. The van der Waals surface area contributed by atoms with Gasteiger partial charge >= 0.3 is 0 Å². The van der Waals surface area contributed by atoms with Crippen LogP contribution in [0, 0.1) is 10.1 Å². The summed E-state index contributed by atoms with van der Waals surface area (Å²) in [5.41, 5.74) is 2.33. The first-order chi connectivity index (χ1) is 14.0. The van der Waals surface area contributed by atoms with Crippen molar-refractivity contribution in [1.82, 2.24) is 10.2 Å². The van der Waals surface area contributed by atoms with Crippen LogP contribution in [0.4, 0.5) is 5.69 Å². The van der Waals surface area contributed by atoms with Gasteiger partial charge in [-0.3, -0.25) is 19.8 Å². The van der Waals surface area contributed by atoms with E-state index in [4.69, 9.17) is 4.74 Å². The van der Waals surface area contributed by atoms with Gasteiger partial charge in [0.1, 0.15) is 5.75 Å². The molecule has 0 saturated carbocycles. The standard InChI is InChI=1S/C22H27N3O4/c1-17-6-4-5-13-24(17)15-19-8-3-2-7-18(19)14-23-22(26)16-29-21-11-9-20(10-12-21)25(27)28/h2-3,7-12,17H,4-6,13-16H2,1H3,(H,23,26). The van der Waals surface area contributed by atoms with Crippen LogP contribution in [0.5, 0.6) is 5.75 Å². The molecule has 154 valence electrons. The van der Waals surface area contributed by atoms with Gasteiger partial charge in [-0.1, -0.05) is 30.7 Å². The van der Waals surface area contributed by atoms with E-state index in [9.17, 15) is 14.9 Å². The van der Waals surface area contributed by atoms with Crippen LogP contribution in [-0.4, -0.2) is 34.9 Å². The first kappa shape index (κ1) is 20.8. The second-order valence-corrected chi connectivity index (χ2v) is 7.40. The maximum absolute atomic E-state index is 12.2. The average molecular weight is 397 g/mol. The van der Waals surface area contributed by atoms with E-state index in [0.717, 1.165) is 18.7 Å². The molecule has 7 nitrogen and oxygen atoms in total. The third kappa shape index (κ3) is 6.02. The van der Waals surface area contributed by atoms with Crippen LogP contribution < -0.4 is 10.1 Å². The van der Waals surface area contributed by atoms with Crippen LogP contribution in [0.2, 0.25) is 0 Å². The zero-order chi connectivity index (χ0) is 20.6. The number of amides is 1. The molecule has 1 heterocycles. The second-order valence-electron chi connectivity index (χ2n) is 7.40. The van der Waals surface area contributed by atoms with Crippen LogP contribution in [0.25, 0.3) is 0 Å². The minimum atomic E-state index is -0.474. The molecule has 1 unspecified atom stereocenters. The van der Waals surface area contributed by atoms with Crippen molar-refractivity contribution < 1.29 is 14.5 Å². The van der Waals surface area contributed by atoms with Crippen molar-refractivity contribution in [2.45, 2.75) is 45.3 Å². The Morgan fingerprint density at radius 3 is 2.59 bits per heavy atom. The highest BCUT2D eigenvalue weighted by Gasteiger charge is 2.19. The van der Waals surface area contributed by atoms with Crippen molar-refractivity contribution >= 4 is 11.6 Å². The Bertz CT molecular complexity index is 838. The molecule has 1 atom stereocenters. The Labute approximate surface area is 170 Å². The van der Waals surface area contributed by atoms with Crippen molar-refractivity contribution in [3.05, 3.63) is 69.8 Å². The van der Waals surface area contributed by atoms with E-state index in [1.807, 2.05) is 18.2 Å². The van der Waals surface area contributed by atoms with Crippen molar-refractivity contribution in [3.8, 4) is 5.75 Å². The van der Waals surface area contributed by atoms with Crippen LogP contribution in [0.15, 0.2) is 48.5 Å². The Morgan fingerprint density at radius 1 is 1.17 bits per heavy atom. The second kappa shape index (κ2) is 10.0. The van der Waals surface area contributed by atoms with Crippen molar-refractivity contribution in [3.63, 3.8) is 0 Å². The summed E-state index contributed by atoms with van der Waals surface area (Å²) in [4.78, 5) is 24.9. The largest absolute Gasteiger partial charge is 0.484 e. The van der Waals surface area contributed by atoms with Crippen LogP contribution in [0.1, 0.15) is 37.3 Å². The summed E-state index contributed by atoms with van der Waals surface area (Å²) in [6.45, 7) is 4.60. The molecule has 1 aliphatic rings. The molecule has 1 aliphatic heterocycles. The number of non-ortho nitro benzene ring substituents is 1. The summed E-state index contributed by atoms with van der Waals surface area (Å²) < 4.78 is 5.41. The highest BCUT2D eigenvalue weighted by Crippen LogP contribution is 2.21. The number of nitro groups is 1. The highest BCUT2D eigenvalue weighted by molar-refractivity contribution is 5.77. The lowest BCUT2D eigenvalue weighted by atomic mass is 10.0. The third-order valence-electron chi connectivity index (χ3n) is 5.33. The number of carbonyl (C=O) groups excluding carboxylic acids is 1. The van der Waals surface area contributed by atoms with Gasteiger partial charge in [0.25, 0.3) is 11.6 Å². The Balaban J connectivity index is 1.50. The number of ether oxygens (including phenoxy) is 1. The molecule has 0 aromatic heterocycles. The molecule has 7 heteroatoms. The minimum absolute atomic E-state index is 0.0126. The number of likely N-dealkylation sites (tertiary alicyclic amines) is 1. The van der Waals surface area contributed by atoms with Gasteiger partial charge in [0.15, 0.2) is 6.61 Å². The van der Waals surface area contributed by atoms with Crippen molar-refractivity contribution in [2.75, 3.05) is 13.2 Å². The van der Waals surface area contributed by atoms with Crippen molar-refractivity contribution in [2.24, 2.45) is 0 Å². The Hall–Kier alpha value is -2.93. The third-order valence-corrected chi connectivity index (χ3v) is 5.33. The van der Waals surface area contributed by atoms with E-state index in [2.05, 4.69) is 23.2 Å². The summed E-state index contributed by atoms with van der Waals surface area (Å²) in [5, 5.41) is 13.6. The SMILES string of the molecule is CC1CCCCN1Cc1ccccc1CNC(=O)COc1ccc([N+](=O)[O-])cc1. The molecule has 29 heavy (non-hydrogen) atoms. The molecular formula is C22H27N3O4. The monoisotopic (exact) mass is 397 g/mol. The van der Waals surface area contributed by atoms with Crippen molar-refractivity contribution in [1.29, 1.82) is 0 Å². The molecule has 1 saturated heterocycles. The predicted octanol–water partition coefficient (Wildman–Crippen LogP) is 3.66. The van der Waals surface area contributed by atoms with Gasteiger partial charge in [-0.15, -0.1) is 0 Å². The van der Waals surface area contributed by atoms with Gasteiger partial charge in [0.05, 0.1) is 4.92 Å². The number of carbonyl (C=O) groups is 1. The smallest absolute Gasteiger partial charge is 0.269 e. The predicted molar refractivity (Wildman–Crippen MR) is 111 cm³/mol. The number of rotatable bonds is 8. The van der Waals surface area contributed by atoms with E-state index in [1.165, 1.54) is 49.1 Å². The van der Waals surface area contributed by atoms with Crippen LogP contribution >= 0.6 is 0 Å². The maximum atomic E-state index is 12.2. The fourth-order valence-electron chi connectivity index (χ4n) is 3.55. The number of benzene rings is 2. The van der Waals surface area contributed by atoms with Gasteiger partial charge < -0.3 is 10.1 Å². The lowest BCUT2D eigenvalue weighted by Crippen LogP contribution is -2.37. The first-order valence-electron chi connectivity index (χ1n) is 9.97. The maximum Gasteiger partial charge on any atom is 0.269 e. The average Bonchev–Trinajstić information content (AvgIpc) is 2.73. The molecule has 2 aromatic rings. The number of hydrogen-bond donors (Lipinski definition) is 1. The van der Waals surface area contributed by atoms with Crippen LogP contribution in [0.3, 0.4) is 0 Å². The Morgan fingerprint density at radius 2 is 1.90 bits per heavy atom. The molecule has 3 rings (SSSR count). The molecule has 1 N–H and O–H groups in total. The van der Waals surface area contributed by atoms with Gasteiger partial charge in [0.2, 0.25) is 0 Å². The lowest BCUT2D eigenvalue weighted by molar-refractivity contribution is -0.384. The zero-order valence-corrected chi connectivity index (χ0v) is 16.7. The number of hydrogen-bond acceptors (Lipinski definition) is 5. The number of piperidine rings is 1. The molecule has 0 aliphatic carbocycles. The number of nitro benzene ring substituents is 1. The van der Waals surface area contributed by atoms with E-state index in [0.29, 0.717) is 18.3 Å². The molecule has 2 aromatic carbocycles. The van der Waals surface area contributed by atoms with E-state index >= 15 is 0 Å². The first-order valence-corrected chi connectivity index (χ1v) is 9.97. The summed E-state index contributed by atoms with van der Waals surface area (Å²) in [6.07, 6.45) is 3.77. The summed E-state index contributed by atoms with van der Waals surface area (Å²) >= 11 is 0. The molecule has 0 bridgehead atoms. The molecule has 1 fully saturated rings. The van der Waals surface area contributed by atoms with Crippen LogP contribution in [-0.2, 0) is 17.9 Å². The lowest BCUT2D eigenvalue weighted by Gasteiger charge is -2.33. The van der Waals surface area contributed by atoms with Gasteiger partial charge in [0, 0.05) is 31.3 Å². The molecule has 0 spiro atoms. The summed E-state index contributed by atoms with van der Waals surface area (Å²) in [7, 11) is 0. The Kier molecular flexibility index (Phi) is 7.19. The molecule has 1 amide bonds. The quantitative estimate of drug-likeness (QED) is 0.543. The fourth-order valence-corrected chi connectivity index (χ4v) is 3.55. The zero-order valence-electron chi connectivity index (χ0n) is 16.7. The number of nitrogens with one attached hydrogen (secondary N) is 1. The van der Waals surface area contributed by atoms with E-state index in [1.54, 1.807) is 0 Å². The molecular weight excluding hydrogens is 370 g/mol.